The normalized spacial score (nSPS) is 12.7. The summed E-state index contributed by atoms with van der Waals surface area (Å²) in [4.78, 5) is 0. The molecule has 2 rings (SSSR count). The van der Waals surface area contributed by atoms with Gasteiger partial charge in [-0.2, -0.15) is 5.10 Å². The number of rotatable bonds is 5. The van der Waals surface area contributed by atoms with Crippen LogP contribution in [-0.4, -0.2) is 9.78 Å². The van der Waals surface area contributed by atoms with Crippen molar-refractivity contribution in [2.75, 3.05) is 0 Å². The van der Waals surface area contributed by atoms with Gasteiger partial charge < -0.3 is 10.5 Å². The highest BCUT2D eigenvalue weighted by molar-refractivity contribution is 5.32. The van der Waals surface area contributed by atoms with Gasteiger partial charge in [-0.05, 0) is 38.0 Å². The van der Waals surface area contributed by atoms with Crippen LogP contribution in [0.5, 0.6) is 11.5 Å². The summed E-state index contributed by atoms with van der Waals surface area (Å²) in [5, 5.41) is 4.24. The first kappa shape index (κ1) is 13.6. The highest BCUT2D eigenvalue weighted by Gasteiger charge is 2.06. The monoisotopic (exact) mass is 259 g/mol. The van der Waals surface area contributed by atoms with Crippen molar-refractivity contribution in [3.63, 3.8) is 0 Å². The largest absolute Gasteiger partial charge is 0.454 e. The van der Waals surface area contributed by atoms with Gasteiger partial charge in [-0.1, -0.05) is 19.1 Å². The maximum absolute atomic E-state index is 5.98. The molecule has 0 saturated heterocycles. The van der Waals surface area contributed by atoms with Crippen LogP contribution >= 0.6 is 0 Å². The van der Waals surface area contributed by atoms with Crippen molar-refractivity contribution < 1.29 is 4.74 Å². The van der Waals surface area contributed by atoms with Crippen LogP contribution in [0.25, 0.3) is 0 Å². The molecule has 1 atom stereocenters. The molecule has 0 spiro atoms. The smallest absolute Gasteiger partial charge is 0.165 e. The van der Waals surface area contributed by atoms with Gasteiger partial charge in [-0.15, -0.1) is 0 Å². The number of nitrogens with zero attached hydrogens (tertiary/aromatic N) is 2. The SMILES string of the molecule is CC[C@@H](N)c1ccc(Oc2cnn(C(C)C)c2)cc1. The lowest BCUT2D eigenvalue weighted by Gasteiger charge is -2.10. The first-order chi connectivity index (χ1) is 9.10. The van der Waals surface area contributed by atoms with Crippen molar-refractivity contribution in [1.29, 1.82) is 0 Å². The quantitative estimate of drug-likeness (QED) is 0.891. The third kappa shape index (κ3) is 3.35. The maximum Gasteiger partial charge on any atom is 0.165 e. The van der Waals surface area contributed by atoms with Crippen molar-refractivity contribution in [3.05, 3.63) is 42.2 Å². The van der Waals surface area contributed by atoms with Gasteiger partial charge >= 0.3 is 0 Å². The van der Waals surface area contributed by atoms with Gasteiger partial charge in [0.25, 0.3) is 0 Å². The molecule has 0 fully saturated rings. The molecule has 0 unspecified atom stereocenters. The molecule has 0 radical (unpaired) electrons. The first-order valence-electron chi connectivity index (χ1n) is 6.67. The van der Waals surface area contributed by atoms with E-state index in [0.29, 0.717) is 6.04 Å². The van der Waals surface area contributed by atoms with E-state index in [9.17, 15) is 0 Å². The van der Waals surface area contributed by atoms with Gasteiger partial charge in [0.05, 0.1) is 12.4 Å². The number of hydrogen-bond acceptors (Lipinski definition) is 3. The van der Waals surface area contributed by atoms with Gasteiger partial charge in [0, 0.05) is 12.1 Å². The van der Waals surface area contributed by atoms with E-state index in [-0.39, 0.29) is 6.04 Å². The summed E-state index contributed by atoms with van der Waals surface area (Å²) in [6.07, 6.45) is 4.56. The van der Waals surface area contributed by atoms with Crippen molar-refractivity contribution in [2.45, 2.75) is 39.3 Å². The predicted octanol–water partition coefficient (Wildman–Crippen LogP) is 3.67. The molecule has 102 valence electrons. The summed E-state index contributed by atoms with van der Waals surface area (Å²) in [6.45, 7) is 6.24. The lowest BCUT2D eigenvalue weighted by molar-refractivity contribution is 0.476. The molecule has 4 heteroatoms. The highest BCUT2D eigenvalue weighted by Crippen LogP contribution is 2.23. The summed E-state index contributed by atoms with van der Waals surface area (Å²) in [5.41, 5.74) is 7.11. The first-order valence-corrected chi connectivity index (χ1v) is 6.67. The molecule has 1 aromatic carbocycles. The van der Waals surface area contributed by atoms with E-state index >= 15 is 0 Å². The fourth-order valence-electron chi connectivity index (χ4n) is 1.81. The molecule has 1 aromatic heterocycles. The Morgan fingerprint density at radius 3 is 2.42 bits per heavy atom. The molecule has 0 saturated carbocycles. The van der Waals surface area contributed by atoms with Crippen LogP contribution in [0.3, 0.4) is 0 Å². The van der Waals surface area contributed by atoms with Gasteiger partial charge in [0.15, 0.2) is 5.75 Å². The second-order valence-electron chi connectivity index (χ2n) is 4.94. The van der Waals surface area contributed by atoms with Crippen LogP contribution in [0.2, 0.25) is 0 Å². The topological polar surface area (TPSA) is 53.1 Å². The van der Waals surface area contributed by atoms with E-state index in [1.165, 1.54) is 0 Å². The summed E-state index contributed by atoms with van der Waals surface area (Å²) in [5.74, 6) is 1.55. The van der Waals surface area contributed by atoms with Crippen molar-refractivity contribution >= 4 is 0 Å². The third-order valence-electron chi connectivity index (χ3n) is 3.09. The van der Waals surface area contributed by atoms with Crippen LogP contribution in [0.15, 0.2) is 36.7 Å². The average molecular weight is 259 g/mol. The molecule has 1 heterocycles. The van der Waals surface area contributed by atoms with Gasteiger partial charge in [0.2, 0.25) is 0 Å². The van der Waals surface area contributed by atoms with Crippen molar-refractivity contribution in [3.8, 4) is 11.5 Å². The molecule has 0 aliphatic heterocycles. The molecule has 0 aliphatic rings. The molecule has 4 nitrogen and oxygen atoms in total. The average Bonchev–Trinajstić information content (AvgIpc) is 2.87. The zero-order valence-corrected chi connectivity index (χ0v) is 11.7. The molecular weight excluding hydrogens is 238 g/mol. The minimum absolute atomic E-state index is 0.0951. The Hall–Kier alpha value is -1.81. The zero-order valence-electron chi connectivity index (χ0n) is 11.7. The fraction of sp³-hybridized carbons (Fsp3) is 0.400. The maximum atomic E-state index is 5.98. The van der Waals surface area contributed by atoms with Gasteiger partial charge in [0.1, 0.15) is 5.75 Å². The second-order valence-corrected chi connectivity index (χ2v) is 4.94. The van der Waals surface area contributed by atoms with Crippen LogP contribution in [-0.2, 0) is 0 Å². The van der Waals surface area contributed by atoms with E-state index in [1.807, 2.05) is 35.1 Å². The number of nitrogens with two attached hydrogens (primary N) is 1. The number of ether oxygens (including phenoxy) is 1. The van der Waals surface area contributed by atoms with E-state index in [0.717, 1.165) is 23.5 Å². The highest BCUT2D eigenvalue weighted by atomic mass is 16.5. The predicted molar refractivity (Wildman–Crippen MR) is 76.3 cm³/mol. The number of aromatic nitrogens is 2. The Morgan fingerprint density at radius 2 is 1.89 bits per heavy atom. The van der Waals surface area contributed by atoms with Gasteiger partial charge in [-0.25, -0.2) is 0 Å². The summed E-state index contributed by atoms with van der Waals surface area (Å²) in [7, 11) is 0. The number of hydrogen-bond donors (Lipinski definition) is 1. The minimum atomic E-state index is 0.0951. The molecule has 0 bridgehead atoms. The molecule has 2 N–H and O–H groups in total. The van der Waals surface area contributed by atoms with E-state index in [2.05, 4.69) is 25.9 Å². The lowest BCUT2D eigenvalue weighted by Crippen LogP contribution is -2.07. The fourth-order valence-corrected chi connectivity index (χ4v) is 1.81. The Labute approximate surface area is 114 Å². The standard InChI is InChI=1S/C15H21N3O/c1-4-15(16)12-5-7-13(8-6-12)19-14-9-17-18(10-14)11(2)3/h5-11,15H,4,16H2,1-3H3/t15-/m1/s1. The second kappa shape index (κ2) is 5.89. The lowest BCUT2D eigenvalue weighted by atomic mass is 10.1. The van der Waals surface area contributed by atoms with Crippen molar-refractivity contribution in [1.82, 2.24) is 9.78 Å². The molecule has 0 amide bonds. The molecule has 0 aliphatic carbocycles. The van der Waals surface area contributed by atoms with Gasteiger partial charge in [-0.3, -0.25) is 4.68 Å². The third-order valence-corrected chi connectivity index (χ3v) is 3.09. The summed E-state index contributed by atoms with van der Waals surface area (Å²) < 4.78 is 7.63. The van der Waals surface area contributed by atoms with Crippen LogP contribution < -0.4 is 10.5 Å². The summed E-state index contributed by atoms with van der Waals surface area (Å²) >= 11 is 0. The zero-order chi connectivity index (χ0) is 13.8. The van der Waals surface area contributed by atoms with E-state index in [4.69, 9.17) is 10.5 Å². The van der Waals surface area contributed by atoms with Crippen molar-refractivity contribution in [2.24, 2.45) is 5.73 Å². The molecule has 2 aromatic rings. The van der Waals surface area contributed by atoms with E-state index in [1.54, 1.807) is 6.20 Å². The van der Waals surface area contributed by atoms with Crippen LogP contribution in [0.1, 0.15) is 44.8 Å². The van der Waals surface area contributed by atoms with E-state index < -0.39 is 0 Å². The molecular formula is C15H21N3O. The summed E-state index contributed by atoms with van der Waals surface area (Å²) in [6, 6.07) is 8.34. The Balaban J connectivity index is 2.06. The Kier molecular flexibility index (Phi) is 4.22. The minimum Gasteiger partial charge on any atom is -0.454 e. The van der Waals surface area contributed by atoms with Crippen LogP contribution in [0.4, 0.5) is 0 Å². The Bertz CT molecular complexity index is 516. The molecule has 19 heavy (non-hydrogen) atoms. The Morgan fingerprint density at radius 1 is 1.21 bits per heavy atom. The number of benzene rings is 1. The van der Waals surface area contributed by atoms with Crippen LogP contribution in [0, 0.1) is 0 Å².